The Bertz CT molecular complexity index is 923. The third-order valence-electron chi connectivity index (χ3n) is 3.74. The number of hydrogen-bond donors (Lipinski definition) is 1. The largest absolute Gasteiger partial charge is 0.452 e. The molecule has 2 aromatic carbocycles. The molecule has 0 aliphatic carbocycles. The van der Waals surface area contributed by atoms with E-state index >= 15 is 0 Å². The molecule has 0 fully saturated rings. The molecule has 0 aliphatic heterocycles. The van der Waals surface area contributed by atoms with Crippen LogP contribution in [0.25, 0.3) is 0 Å². The number of likely N-dealkylation sites (N-methyl/N-ethyl adjacent to an activating group) is 1. The molecule has 27 heavy (non-hydrogen) atoms. The Morgan fingerprint density at radius 2 is 1.70 bits per heavy atom. The van der Waals surface area contributed by atoms with Gasteiger partial charge in [-0.05, 0) is 24.6 Å². The number of carbonyl (C=O) groups is 2. The predicted molar refractivity (Wildman–Crippen MR) is 103 cm³/mol. The minimum absolute atomic E-state index is 0.0388. The molecular weight excluding hydrogens is 368 g/mol. The van der Waals surface area contributed by atoms with E-state index < -0.39 is 22.6 Å². The Balaban J connectivity index is 1.96. The lowest BCUT2D eigenvalue weighted by Crippen LogP contribution is -2.31. The van der Waals surface area contributed by atoms with E-state index in [1.54, 1.807) is 19.2 Å². The van der Waals surface area contributed by atoms with Crippen molar-refractivity contribution in [2.75, 3.05) is 24.6 Å². The molecule has 7 nitrogen and oxygen atoms in total. The number of aryl methyl sites for hydroxylation is 1. The molecule has 0 bridgehead atoms. The summed E-state index contributed by atoms with van der Waals surface area (Å²) in [4.78, 5) is 25.9. The summed E-state index contributed by atoms with van der Waals surface area (Å²) in [6.07, 6.45) is 0.985. The SMILES string of the molecule is Cc1ccc(CN(C)C(=O)COC(=O)c2ccccc2NS(C)(=O)=O)cc1. The fourth-order valence-electron chi connectivity index (χ4n) is 2.32. The maximum Gasteiger partial charge on any atom is 0.340 e. The summed E-state index contributed by atoms with van der Waals surface area (Å²) in [5, 5.41) is 0. The molecule has 0 heterocycles. The normalized spacial score (nSPS) is 10.9. The Labute approximate surface area is 159 Å². The van der Waals surface area contributed by atoms with E-state index in [-0.39, 0.29) is 17.2 Å². The van der Waals surface area contributed by atoms with E-state index in [0.717, 1.165) is 17.4 Å². The highest BCUT2D eigenvalue weighted by molar-refractivity contribution is 7.92. The van der Waals surface area contributed by atoms with Crippen molar-refractivity contribution < 1.29 is 22.7 Å². The van der Waals surface area contributed by atoms with E-state index in [0.29, 0.717) is 6.54 Å². The van der Waals surface area contributed by atoms with Gasteiger partial charge in [-0.15, -0.1) is 0 Å². The Hall–Kier alpha value is -2.87. The molecule has 0 aliphatic rings. The molecule has 144 valence electrons. The van der Waals surface area contributed by atoms with Crippen LogP contribution < -0.4 is 4.72 Å². The zero-order valence-corrected chi connectivity index (χ0v) is 16.2. The van der Waals surface area contributed by atoms with Crippen LogP contribution in [-0.2, 0) is 26.1 Å². The second kappa shape index (κ2) is 8.68. The monoisotopic (exact) mass is 390 g/mol. The molecule has 1 N–H and O–H groups in total. The van der Waals surface area contributed by atoms with Crippen LogP contribution in [0, 0.1) is 6.92 Å². The van der Waals surface area contributed by atoms with Gasteiger partial charge < -0.3 is 9.64 Å². The average molecular weight is 390 g/mol. The number of benzene rings is 2. The molecule has 0 aromatic heterocycles. The van der Waals surface area contributed by atoms with Gasteiger partial charge in [0.1, 0.15) is 0 Å². The average Bonchev–Trinajstić information content (AvgIpc) is 2.60. The standard InChI is InChI=1S/C19H22N2O5S/c1-14-8-10-15(11-9-14)12-21(2)18(22)13-26-19(23)16-6-4-5-7-17(16)20-27(3,24)25/h4-11,20H,12-13H2,1-3H3. The summed E-state index contributed by atoms with van der Waals surface area (Å²) < 4.78 is 30.1. The molecule has 0 saturated carbocycles. The third-order valence-corrected chi connectivity index (χ3v) is 4.33. The third kappa shape index (κ3) is 6.41. The lowest BCUT2D eigenvalue weighted by atomic mass is 10.1. The fourth-order valence-corrected chi connectivity index (χ4v) is 2.90. The van der Waals surface area contributed by atoms with Gasteiger partial charge in [0.15, 0.2) is 6.61 Å². The van der Waals surface area contributed by atoms with Crippen LogP contribution in [0.4, 0.5) is 5.69 Å². The summed E-state index contributed by atoms with van der Waals surface area (Å²) >= 11 is 0. The molecule has 2 aromatic rings. The summed E-state index contributed by atoms with van der Waals surface area (Å²) in [5.41, 5.74) is 2.23. The summed E-state index contributed by atoms with van der Waals surface area (Å²) in [6.45, 7) is 1.94. The lowest BCUT2D eigenvalue weighted by molar-refractivity contribution is -0.133. The highest BCUT2D eigenvalue weighted by Gasteiger charge is 2.17. The summed E-state index contributed by atoms with van der Waals surface area (Å²) in [5.74, 6) is -1.14. The molecule has 0 radical (unpaired) electrons. The number of nitrogens with zero attached hydrogens (tertiary/aromatic N) is 1. The molecule has 0 spiro atoms. The van der Waals surface area contributed by atoms with Crippen molar-refractivity contribution in [3.63, 3.8) is 0 Å². The van der Waals surface area contributed by atoms with Crippen molar-refractivity contribution in [1.29, 1.82) is 0 Å². The van der Waals surface area contributed by atoms with Gasteiger partial charge in [-0.3, -0.25) is 9.52 Å². The maximum atomic E-state index is 12.2. The first-order valence-electron chi connectivity index (χ1n) is 8.19. The van der Waals surface area contributed by atoms with Crippen molar-refractivity contribution in [2.24, 2.45) is 0 Å². The van der Waals surface area contributed by atoms with Crippen molar-refractivity contribution in [2.45, 2.75) is 13.5 Å². The quantitative estimate of drug-likeness (QED) is 0.732. The number of hydrogen-bond acceptors (Lipinski definition) is 5. The molecule has 1 amide bonds. The highest BCUT2D eigenvalue weighted by Crippen LogP contribution is 2.17. The number of sulfonamides is 1. The molecule has 2 rings (SSSR count). The zero-order chi connectivity index (χ0) is 20.0. The summed E-state index contributed by atoms with van der Waals surface area (Å²) in [7, 11) is -1.93. The lowest BCUT2D eigenvalue weighted by Gasteiger charge is -2.17. The number of para-hydroxylation sites is 1. The minimum atomic E-state index is -3.55. The van der Waals surface area contributed by atoms with E-state index in [1.165, 1.54) is 17.0 Å². The predicted octanol–water partition coefficient (Wildman–Crippen LogP) is 2.18. The second-order valence-electron chi connectivity index (χ2n) is 6.23. The highest BCUT2D eigenvalue weighted by atomic mass is 32.2. The number of carbonyl (C=O) groups excluding carboxylic acids is 2. The van der Waals surface area contributed by atoms with Crippen LogP contribution in [0.3, 0.4) is 0 Å². The fraction of sp³-hybridized carbons (Fsp3) is 0.263. The Morgan fingerprint density at radius 1 is 1.07 bits per heavy atom. The van der Waals surface area contributed by atoms with Gasteiger partial charge in [0.2, 0.25) is 10.0 Å². The smallest absolute Gasteiger partial charge is 0.340 e. The van der Waals surface area contributed by atoms with Gasteiger partial charge >= 0.3 is 5.97 Å². The number of esters is 1. The Kier molecular flexibility index (Phi) is 6.57. The summed E-state index contributed by atoms with van der Waals surface area (Å²) in [6, 6.07) is 13.8. The van der Waals surface area contributed by atoms with Gasteiger partial charge in [0.05, 0.1) is 17.5 Å². The van der Waals surface area contributed by atoms with Crippen molar-refractivity contribution in [1.82, 2.24) is 4.90 Å². The first kappa shape index (κ1) is 20.4. The number of amides is 1. The first-order valence-corrected chi connectivity index (χ1v) is 10.1. The molecule has 0 saturated heterocycles. The van der Waals surface area contributed by atoms with Gasteiger partial charge in [-0.1, -0.05) is 42.0 Å². The van der Waals surface area contributed by atoms with Crippen LogP contribution in [0.2, 0.25) is 0 Å². The van der Waals surface area contributed by atoms with E-state index in [1.807, 2.05) is 31.2 Å². The number of ether oxygens (including phenoxy) is 1. The van der Waals surface area contributed by atoms with Crippen LogP contribution in [0.15, 0.2) is 48.5 Å². The molecule has 8 heteroatoms. The van der Waals surface area contributed by atoms with Gasteiger partial charge in [0, 0.05) is 13.6 Å². The topological polar surface area (TPSA) is 92.8 Å². The van der Waals surface area contributed by atoms with E-state index in [4.69, 9.17) is 4.74 Å². The van der Waals surface area contributed by atoms with Crippen LogP contribution in [0.1, 0.15) is 21.5 Å². The van der Waals surface area contributed by atoms with Gasteiger partial charge in [0.25, 0.3) is 5.91 Å². The zero-order valence-electron chi connectivity index (χ0n) is 15.4. The second-order valence-corrected chi connectivity index (χ2v) is 7.98. The van der Waals surface area contributed by atoms with Crippen molar-refractivity contribution in [3.05, 3.63) is 65.2 Å². The van der Waals surface area contributed by atoms with Crippen LogP contribution >= 0.6 is 0 Å². The molecule has 0 unspecified atom stereocenters. The van der Waals surface area contributed by atoms with Crippen molar-refractivity contribution >= 4 is 27.6 Å². The van der Waals surface area contributed by atoms with Crippen molar-refractivity contribution in [3.8, 4) is 0 Å². The number of nitrogens with one attached hydrogen (secondary N) is 1. The first-order chi connectivity index (χ1) is 12.7. The Morgan fingerprint density at radius 3 is 2.33 bits per heavy atom. The number of rotatable bonds is 7. The van der Waals surface area contributed by atoms with Gasteiger partial charge in [-0.2, -0.15) is 0 Å². The minimum Gasteiger partial charge on any atom is -0.452 e. The van der Waals surface area contributed by atoms with E-state index in [2.05, 4.69) is 4.72 Å². The van der Waals surface area contributed by atoms with Crippen LogP contribution in [0.5, 0.6) is 0 Å². The van der Waals surface area contributed by atoms with Gasteiger partial charge in [-0.25, -0.2) is 13.2 Å². The molecule has 0 atom stereocenters. The maximum absolute atomic E-state index is 12.2. The molecular formula is C19H22N2O5S. The van der Waals surface area contributed by atoms with Crippen LogP contribution in [-0.4, -0.2) is 45.1 Å². The number of anilines is 1. The van der Waals surface area contributed by atoms with E-state index in [9.17, 15) is 18.0 Å².